The van der Waals surface area contributed by atoms with Gasteiger partial charge >= 0.3 is 7.12 Å². The van der Waals surface area contributed by atoms with Crippen molar-refractivity contribution in [1.29, 1.82) is 0 Å². The van der Waals surface area contributed by atoms with Gasteiger partial charge in [-0.3, -0.25) is 0 Å². The molecule has 5 unspecified atom stereocenters. The van der Waals surface area contributed by atoms with E-state index in [0.717, 1.165) is 31.6 Å². The maximum absolute atomic E-state index is 6.62. The molecule has 0 radical (unpaired) electrons. The van der Waals surface area contributed by atoms with Crippen molar-refractivity contribution in [2.75, 3.05) is 0 Å². The second-order valence-electron chi connectivity index (χ2n) is 8.63. The van der Waals surface area contributed by atoms with Gasteiger partial charge in [0, 0.05) is 0 Å². The van der Waals surface area contributed by atoms with E-state index in [1.165, 1.54) is 25.7 Å². The van der Waals surface area contributed by atoms with Crippen LogP contribution in [0.5, 0.6) is 0 Å². The Balaban J connectivity index is 1.47. The molecule has 1 heterocycles. The van der Waals surface area contributed by atoms with Gasteiger partial charge < -0.3 is 9.31 Å². The molecule has 0 aromatic carbocycles. The second-order valence-corrected chi connectivity index (χ2v) is 9.19. The van der Waals surface area contributed by atoms with Crippen LogP contribution in [0.15, 0.2) is 12.7 Å². The molecule has 2 bridgehead atoms. The zero-order valence-electron chi connectivity index (χ0n) is 15.0. The van der Waals surface area contributed by atoms with Gasteiger partial charge in [0.1, 0.15) is 0 Å². The van der Waals surface area contributed by atoms with Crippen LogP contribution in [-0.4, -0.2) is 24.1 Å². The maximum atomic E-state index is 6.62. The Morgan fingerprint density at radius 1 is 1.22 bits per heavy atom. The fourth-order valence-electron chi connectivity index (χ4n) is 5.17. The van der Waals surface area contributed by atoms with Gasteiger partial charge in [-0.25, -0.2) is 0 Å². The van der Waals surface area contributed by atoms with Crippen LogP contribution in [0.25, 0.3) is 0 Å². The molecule has 0 aromatic rings. The molecule has 3 saturated carbocycles. The van der Waals surface area contributed by atoms with Crippen molar-refractivity contribution in [3.63, 3.8) is 0 Å². The molecule has 23 heavy (non-hydrogen) atoms. The third kappa shape index (κ3) is 3.14. The van der Waals surface area contributed by atoms with Crippen LogP contribution in [0.3, 0.4) is 0 Å². The summed E-state index contributed by atoms with van der Waals surface area (Å²) in [5.41, 5.74) is 0.274. The summed E-state index contributed by atoms with van der Waals surface area (Å²) in [7, 11) is -0.213. The van der Waals surface area contributed by atoms with Crippen molar-refractivity contribution in [2.45, 2.75) is 89.1 Å². The molecular formula is C19H32BClO2. The van der Waals surface area contributed by atoms with Crippen molar-refractivity contribution in [3.05, 3.63) is 12.7 Å². The van der Waals surface area contributed by atoms with Crippen molar-refractivity contribution >= 4 is 18.7 Å². The molecule has 1 aliphatic heterocycles. The first-order valence-electron chi connectivity index (χ1n) is 9.48. The van der Waals surface area contributed by atoms with Crippen LogP contribution in [0, 0.1) is 17.3 Å². The third-order valence-corrected chi connectivity index (χ3v) is 7.33. The van der Waals surface area contributed by atoms with E-state index in [-0.39, 0.29) is 24.1 Å². The summed E-state index contributed by atoms with van der Waals surface area (Å²) in [6, 6.07) is 0. The average molecular weight is 339 g/mol. The zero-order chi connectivity index (χ0) is 16.7. The SMILES string of the molecule is C=CCCCCCCC(Cl)B1OC2CC3CC(C3(C)C)C2(C)O1. The second kappa shape index (κ2) is 6.73. The van der Waals surface area contributed by atoms with E-state index < -0.39 is 0 Å². The molecule has 0 spiro atoms. The first-order valence-corrected chi connectivity index (χ1v) is 9.91. The van der Waals surface area contributed by atoms with Gasteiger partial charge in [-0.2, -0.15) is 0 Å². The highest BCUT2D eigenvalue weighted by Gasteiger charge is 2.68. The minimum Gasteiger partial charge on any atom is -0.404 e. The highest BCUT2D eigenvalue weighted by Crippen LogP contribution is 2.65. The largest absolute Gasteiger partial charge is 0.476 e. The number of halogens is 1. The Kier molecular flexibility index (Phi) is 5.21. The van der Waals surface area contributed by atoms with Crippen LogP contribution in [0.1, 0.15) is 72.1 Å². The summed E-state index contributed by atoms with van der Waals surface area (Å²) in [6.07, 6.45) is 11.7. The van der Waals surface area contributed by atoms with E-state index in [4.69, 9.17) is 20.9 Å². The normalized spacial score (nSPS) is 38.8. The summed E-state index contributed by atoms with van der Waals surface area (Å²) in [6.45, 7) is 10.8. The average Bonchev–Trinajstić information content (AvgIpc) is 2.87. The summed E-state index contributed by atoms with van der Waals surface area (Å²) in [4.78, 5) is 0. The summed E-state index contributed by atoms with van der Waals surface area (Å²) in [5, 5.41) is -0.0165. The fraction of sp³-hybridized carbons (Fsp3) is 0.895. The lowest BCUT2D eigenvalue weighted by molar-refractivity contribution is -0.199. The molecule has 0 amide bonds. The van der Waals surface area contributed by atoms with E-state index in [1.54, 1.807) is 0 Å². The first-order chi connectivity index (χ1) is 10.9. The van der Waals surface area contributed by atoms with Crippen LogP contribution in [0.2, 0.25) is 0 Å². The number of unbranched alkanes of at least 4 members (excludes halogenated alkanes) is 4. The Morgan fingerprint density at radius 2 is 1.96 bits per heavy atom. The Morgan fingerprint density at radius 3 is 2.65 bits per heavy atom. The molecule has 4 rings (SSSR count). The lowest BCUT2D eigenvalue weighted by atomic mass is 9.43. The van der Waals surface area contributed by atoms with Crippen LogP contribution in [0.4, 0.5) is 0 Å². The molecule has 130 valence electrons. The first kappa shape index (κ1) is 17.8. The van der Waals surface area contributed by atoms with Gasteiger partial charge in [0.05, 0.1) is 17.0 Å². The lowest BCUT2D eigenvalue weighted by Gasteiger charge is -2.64. The van der Waals surface area contributed by atoms with Crippen molar-refractivity contribution in [1.82, 2.24) is 0 Å². The number of allylic oxidation sites excluding steroid dienone is 1. The van der Waals surface area contributed by atoms with Crippen LogP contribution < -0.4 is 0 Å². The highest BCUT2D eigenvalue weighted by atomic mass is 35.5. The summed E-state index contributed by atoms with van der Waals surface area (Å²) in [5.74, 6) is 1.41. The third-order valence-electron chi connectivity index (χ3n) is 6.90. The van der Waals surface area contributed by atoms with Crippen molar-refractivity contribution in [3.8, 4) is 0 Å². The predicted molar refractivity (Wildman–Crippen MR) is 97.7 cm³/mol. The number of hydrogen-bond acceptors (Lipinski definition) is 2. The molecule has 3 aliphatic carbocycles. The van der Waals surface area contributed by atoms with Gasteiger partial charge in [-0.15, -0.1) is 18.2 Å². The molecule has 4 fully saturated rings. The zero-order valence-corrected chi connectivity index (χ0v) is 15.8. The van der Waals surface area contributed by atoms with Crippen molar-refractivity contribution in [2.24, 2.45) is 17.3 Å². The van der Waals surface area contributed by atoms with Gasteiger partial charge in [0.25, 0.3) is 0 Å². The van der Waals surface area contributed by atoms with Crippen LogP contribution in [-0.2, 0) is 9.31 Å². The van der Waals surface area contributed by atoms with Gasteiger partial charge in [0.15, 0.2) is 0 Å². The Labute approximate surface area is 147 Å². The molecule has 4 aliphatic rings. The fourth-order valence-corrected chi connectivity index (χ4v) is 5.44. The number of rotatable bonds is 8. The topological polar surface area (TPSA) is 18.5 Å². The molecular weight excluding hydrogens is 306 g/mol. The van der Waals surface area contributed by atoms with Gasteiger partial charge in [0.2, 0.25) is 0 Å². The number of alkyl halides is 1. The van der Waals surface area contributed by atoms with E-state index in [1.807, 2.05) is 6.08 Å². The Bertz CT molecular complexity index is 441. The predicted octanol–water partition coefficient (Wildman–Crippen LogP) is 5.39. The standard InChI is InChI=1S/C19H32BClO2/c1-5-6-7-8-9-10-11-17(21)20-22-16-13-14-12-15(18(14,2)3)19(16,4)23-20/h5,14-17H,1,6-13H2,2-4H3. The molecule has 4 heteroatoms. The van der Waals surface area contributed by atoms with Crippen LogP contribution >= 0.6 is 11.6 Å². The van der Waals surface area contributed by atoms with E-state index in [0.29, 0.717) is 11.3 Å². The Hall–Kier alpha value is 0.0149. The van der Waals surface area contributed by atoms with Gasteiger partial charge in [-0.05, 0) is 56.3 Å². The highest BCUT2D eigenvalue weighted by molar-refractivity contribution is 6.59. The monoisotopic (exact) mass is 338 g/mol. The summed E-state index contributed by atoms with van der Waals surface area (Å²) < 4.78 is 12.7. The molecule has 0 N–H and O–H groups in total. The quantitative estimate of drug-likeness (QED) is 0.256. The lowest BCUT2D eigenvalue weighted by Crippen LogP contribution is -2.65. The smallest absolute Gasteiger partial charge is 0.404 e. The molecule has 2 nitrogen and oxygen atoms in total. The molecule has 0 aromatic heterocycles. The van der Waals surface area contributed by atoms with Crippen molar-refractivity contribution < 1.29 is 9.31 Å². The van der Waals surface area contributed by atoms with E-state index in [9.17, 15) is 0 Å². The minimum atomic E-state index is -0.213. The minimum absolute atomic E-state index is 0.0165. The van der Waals surface area contributed by atoms with E-state index in [2.05, 4.69) is 27.4 Å². The summed E-state index contributed by atoms with van der Waals surface area (Å²) >= 11 is 6.62. The van der Waals surface area contributed by atoms with Gasteiger partial charge in [-0.1, -0.05) is 39.2 Å². The molecule has 5 atom stereocenters. The molecule has 1 saturated heterocycles. The van der Waals surface area contributed by atoms with E-state index >= 15 is 0 Å². The maximum Gasteiger partial charge on any atom is 0.476 e. The number of hydrogen-bond donors (Lipinski definition) is 0.